The van der Waals surface area contributed by atoms with Crippen LogP contribution in [0.1, 0.15) is 25.3 Å². The van der Waals surface area contributed by atoms with Gasteiger partial charge in [-0.3, -0.25) is 9.36 Å². The van der Waals surface area contributed by atoms with E-state index in [-0.39, 0.29) is 22.6 Å². The van der Waals surface area contributed by atoms with E-state index in [0.717, 1.165) is 16.8 Å². The highest BCUT2D eigenvalue weighted by Gasteiger charge is 2.20. The zero-order chi connectivity index (χ0) is 24.2. The molecule has 0 saturated heterocycles. The maximum atomic E-state index is 13.4. The highest BCUT2D eigenvalue weighted by molar-refractivity contribution is 7.99. The minimum atomic E-state index is -0.541. The summed E-state index contributed by atoms with van der Waals surface area (Å²) in [5.74, 6) is 0.185. The van der Waals surface area contributed by atoms with E-state index < -0.39 is 5.82 Å². The number of halogens is 3. The number of nitrogens with one attached hydrogen (secondary N) is 1. The second kappa shape index (κ2) is 10.6. The number of rotatable bonds is 7. The van der Waals surface area contributed by atoms with Crippen molar-refractivity contribution < 1.29 is 9.18 Å². The van der Waals surface area contributed by atoms with E-state index in [1.807, 2.05) is 34.9 Å². The molecule has 0 aliphatic heterocycles. The number of anilines is 1. The number of aromatic nitrogens is 3. The van der Waals surface area contributed by atoms with Gasteiger partial charge < -0.3 is 5.32 Å². The SMILES string of the molecule is CC(C)c1ccccc1-n1c(SCC(=O)Nc2ccc(F)c(Cl)c2)nnc1-c1ccc(Cl)cc1. The first-order valence-electron chi connectivity index (χ1n) is 10.5. The van der Waals surface area contributed by atoms with Gasteiger partial charge in [0.15, 0.2) is 11.0 Å². The number of hydrogen-bond donors (Lipinski definition) is 1. The molecule has 0 unspecified atom stereocenters. The maximum absolute atomic E-state index is 13.4. The smallest absolute Gasteiger partial charge is 0.234 e. The number of benzene rings is 3. The molecule has 0 aliphatic rings. The molecule has 0 atom stereocenters. The third kappa shape index (κ3) is 5.43. The fraction of sp³-hybridized carbons (Fsp3) is 0.160. The fourth-order valence-electron chi connectivity index (χ4n) is 3.45. The summed E-state index contributed by atoms with van der Waals surface area (Å²) >= 11 is 13.1. The maximum Gasteiger partial charge on any atom is 0.234 e. The van der Waals surface area contributed by atoms with E-state index in [4.69, 9.17) is 23.2 Å². The average Bonchev–Trinajstić information content (AvgIpc) is 3.24. The second-order valence-corrected chi connectivity index (χ2v) is 9.61. The molecule has 9 heteroatoms. The molecule has 1 N–H and O–H groups in total. The van der Waals surface area contributed by atoms with Crippen LogP contribution >= 0.6 is 35.0 Å². The molecule has 1 amide bonds. The molecule has 0 saturated carbocycles. The molecule has 1 heterocycles. The molecule has 0 bridgehead atoms. The lowest BCUT2D eigenvalue weighted by Crippen LogP contribution is -2.15. The Balaban J connectivity index is 1.65. The van der Waals surface area contributed by atoms with Crippen molar-refractivity contribution in [2.24, 2.45) is 0 Å². The van der Waals surface area contributed by atoms with Gasteiger partial charge in [0.2, 0.25) is 5.91 Å². The van der Waals surface area contributed by atoms with Crippen LogP contribution in [-0.2, 0) is 4.79 Å². The summed E-state index contributed by atoms with van der Waals surface area (Å²) in [5, 5.41) is 12.7. The number of hydrogen-bond acceptors (Lipinski definition) is 4. The van der Waals surface area contributed by atoms with Gasteiger partial charge in [0.1, 0.15) is 5.82 Å². The Labute approximate surface area is 211 Å². The van der Waals surface area contributed by atoms with E-state index >= 15 is 0 Å². The number of nitrogens with zero attached hydrogens (tertiary/aromatic N) is 3. The number of para-hydroxylation sites is 1. The summed E-state index contributed by atoms with van der Waals surface area (Å²) in [6.45, 7) is 4.25. The summed E-state index contributed by atoms with van der Waals surface area (Å²) in [6.07, 6.45) is 0. The van der Waals surface area contributed by atoms with Crippen molar-refractivity contribution in [3.8, 4) is 17.1 Å². The van der Waals surface area contributed by atoms with Gasteiger partial charge in [0.25, 0.3) is 0 Å². The molecule has 0 radical (unpaired) electrons. The van der Waals surface area contributed by atoms with Crippen LogP contribution in [0.25, 0.3) is 17.1 Å². The lowest BCUT2D eigenvalue weighted by Gasteiger charge is -2.17. The van der Waals surface area contributed by atoms with E-state index in [9.17, 15) is 9.18 Å². The van der Waals surface area contributed by atoms with E-state index in [1.165, 1.54) is 30.0 Å². The van der Waals surface area contributed by atoms with Gasteiger partial charge in [-0.1, -0.05) is 67.0 Å². The topological polar surface area (TPSA) is 59.8 Å². The number of carbonyl (C=O) groups excluding carboxylic acids is 1. The van der Waals surface area contributed by atoms with E-state index in [2.05, 4.69) is 35.4 Å². The third-order valence-electron chi connectivity index (χ3n) is 5.07. The van der Waals surface area contributed by atoms with Crippen LogP contribution < -0.4 is 5.32 Å². The van der Waals surface area contributed by atoms with Gasteiger partial charge >= 0.3 is 0 Å². The lowest BCUT2D eigenvalue weighted by molar-refractivity contribution is -0.113. The van der Waals surface area contributed by atoms with Crippen LogP contribution in [0, 0.1) is 5.82 Å². The van der Waals surface area contributed by atoms with Gasteiger partial charge in [-0.05, 0) is 60.0 Å². The van der Waals surface area contributed by atoms with Crippen LogP contribution in [-0.4, -0.2) is 26.4 Å². The monoisotopic (exact) mass is 514 g/mol. The van der Waals surface area contributed by atoms with E-state index in [0.29, 0.717) is 21.7 Å². The number of amides is 1. The molecule has 34 heavy (non-hydrogen) atoms. The Bertz CT molecular complexity index is 1330. The van der Waals surface area contributed by atoms with Crippen molar-refractivity contribution in [1.82, 2.24) is 14.8 Å². The van der Waals surface area contributed by atoms with Crippen molar-refractivity contribution in [3.63, 3.8) is 0 Å². The molecule has 0 spiro atoms. The van der Waals surface area contributed by atoms with Gasteiger partial charge in [-0.2, -0.15) is 0 Å². The van der Waals surface area contributed by atoms with Crippen molar-refractivity contribution in [1.29, 1.82) is 0 Å². The summed E-state index contributed by atoms with van der Waals surface area (Å²) in [7, 11) is 0. The molecule has 4 aromatic rings. The largest absolute Gasteiger partial charge is 0.325 e. The van der Waals surface area contributed by atoms with Crippen molar-refractivity contribution in [2.75, 3.05) is 11.1 Å². The van der Waals surface area contributed by atoms with Crippen molar-refractivity contribution in [3.05, 3.63) is 88.2 Å². The predicted octanol–water partition coefficient (Wildman–Crippen LogP) is 7.23. The molecule has 0 aliphatic carbocycles. The predicted molar refractivity (Wildman–Crippen MR) is 137 cm³/mol. The second-order valence-electron chi connectivity index (χ2n) is 7.83. The van der Waals surface area contributed by atoms with Gasteiger partial charge in [0.05, 0.1) is 16.5 Å². The van der Waals surface area contributed by atoms with Crippen LogP contribution in [0.3, 0.4) is 0 Å². The Hall–Kier alpha value is -2.87. The molecule has 174 valence electrons. The first-order chi connectivity index (χ1) is 16.3. The fourth-order valence-corrected chi connectivity index (χ4v) is 4.50. The first-order valence-corrected chi connectivity index (χ1v) is 12.3. The molecule has 1 aromatic heterocycles. The van der Waals surface area contributed by atoms with Crippen molar-refractivity contribution >= 4 is 46.6 Å². The van der Waals surface area contributed by atoms with Crippen LogP contribution in [0.5, 0.6) is 0 Å². The summed E-state index contributed by atoms with van der Waals surface area (Å²) in [6, 6.07) is 19.5. The Morgan fingerprint density at radius 3 is 2.50 bits per heavy atom. The first kappa shape index (κ1) is 24.3. The molecular formula is C25H21Cl2FN4OS. The van der Waals surface area contributed by atoms with Crippen LogP contribution in [0.15, 0.2) is 71.9 Å². The zero-order valence-corrected chi connectivity index (χ0v) is 20.8. The molecule has 3 aromatic carbocycles. The molecule has 0 fully saturated rings. The minimum absolute atomic E-state index is 0.0527. The van der Waals surface area contributed by atoms with Crippen LogP contribution in [0.4, 0.5) is 10.1 Å². The third-order valence-corrected chi connectivity index (χ3v) is 6.54. The van der Waals surface area contributed by atoms with Gasteiger partial charge in [-0.25, -0.2) is 4.39 Å². The molecule has 4 rings (SSSR count). The molecular weight excluding hydrogens is 494 g/mol. The quantitative estimate of drug-likeness (QED) is 0.264. The normalized spacial score (nSPS) is 11.1. The average molecular weight is 515 g/mol. The lowest BCUT2D eigenvalue weighted by atomic mass is 10.0. The Kier molecular flexibility index (Phi) is 7.56. The summed E-state index contributed by atoms with van der Waals surface area (Å²) in [4.78, 5) is 12.6. The Morgan fingerprint density at radius 1 is 1.06 bits per heavy atom. The highest BCUT2D eigenvalue weighted by Crippen LogP contribution is 2.32. The minimum Gasteiger partial charge on any atom is -0.325 e. The summed E-state index contributed by atoms with van der Waals surface area (Å²) in [5.41, 5.74) is 3.35. The number of thioether (sulfide) groups is 1. The van der Waals surface area contributed by atoms with E-state index in [1.54, 1.807) is 12.1 Å². The van der Waals surface area contributed by atoms with Gasteiger partial charge in [-0.15, -0.1) is 10.2 Å². The van der Waals surface area contributed by atoms with Gasteiger partial charge in [0, 0.05) is 16.3 Å². The summed E-state index contributed by atoms with van der Waals surface area (Å²) < 4.78 is 15.4. The van der Waals surface area contributed by atoms with Crippen LogP contribution in [0.2, 0.25) is 10.0 Å². The number of carbonyl (C=O) groups is 1. The highest BCUT2D eigenvalue weighted by atomic mass is 35.5. The zero-order valence-electron chi connectivity index (χ0n) is 18.4. The molecule has 5 nitrogen and oxygen atoms in total. The Morgan fingerprint density at radius 2 is 1.79 bits per heavy atom. The van der Waals surface area contributed by atoms with Crippen molar-refractivity contribution in [2.45, 2.75) is 24.9 Å². The standard InChI is InChI=1S/C25H21Cl2FN4OS/c1-15(2)19-5-3-4-6-22(19)32-24(16-7-9-17(26)10-8-16)30-31-25(32)34-14-23(33)29-18-11-12-21(28)20(27)13-18/h3-13,15H,14H2,1-2H3,(H,29,33).